The summed E-state index contributed by atoms with van der Waals surface area (Å²) in [6.45, 7) is 7.36. The SMILES string of the molecule is CC1CNCC(C(C)C)S(=O)(=O)C1. The van der Waals surface area contributed by atoms with Crippen molar-refractivity contribution in [2.75, 3.05) is 18.8 Å². The Labute approximate surface area is 80.8 Å². The second kappa shape index (κ2) is 3.96. The lowest BCUT2D eigenvalue weighted by atomic mass is 10.1. The van der Waals surface area contributed by atoms with E-state index in [2.05, 4.69) is 5.32 Å². The van der Waals surface area contributed by atoms with Gasteiger partial charge in [0.15, 0.2) is 9.84 Å². The Hall–Kier alpha value is -0.0900. The molecule has 0 aromatic heterocycles. The van der Waals surface area contributed by atoms with E-state index in [-0.39, 0.29) is 17.1 Å². The Bertz CT molecular complexity index is 259. The molecule has 1 N–H and O–H groups in total. The highest BCUT2D eigenvalue weighted by atomic mass is 32.2. The molecule has 1 aliphatic rings. The van der Waals surface area contributed by atoms with E-state index in [1.807, 2.05) is 20.8 Å². The van der Waals surface area contributed by atoms with Crippen LogP contribution in [0.2, 0.25) is 0 Å². The molecular weight excluding hydrogens is 186 g/mol. The van der Waals surface area contributed by atoms with E-state index >= 15 is 0 Å². The molecule has 2 unspecified atom stereocenters. The van der Waals surface area contributed by atoms with Gasteiger partial charge in [-0.15, -0.1) is 0 Å². The largest absolute Gasteiger partial charge is 0.315 e. The Morgan fingerprint density at radius 3 is 2.46 bits per heavy atom. The molecule has 1 aliphatic heterocycles. The smallest absolute Gasteiger partial charge is 0.154 e. The summed E-state index contributed by atoms with van der Waals surface area (Å²) in [7, 11) is -2.87. The molecule has 0 radical (unpaired) electrons. The topological polar surface area (TPSA) is 46.2 Å². The summed E-state index contributed by atoms with van der Waals surface area (Å²) in [4.78, 5) is 0. The minimum atomic E-state index is -2.87. The maximum absolute atomic E-state index is 11.8. The van der Waals surface area contributed by atoms with Crippen LogP contribution in [0.25, 0.3) is 0 Å². The van der Waals surface area contributed by atoms with Crippen molar-refractivity contribution in [1.82, 2.24) is 5.32 Å². The van der Waals surface area contributed by atoms with Crippen molar-refractivity contribution in [2.24, 2.45) is 11.8 Å². The zero-order valence-corrected chi connectivity index (χ0v) is 9.39. The summed E-state index contributed by atoms with van der Waals surface area (Å²) in [5.41, 5.74) is 0. The maximum Gasteiger partial charge on any atom is 0.154 e. The van der Waals surface area contributed by atoms with Gasteiger partial charge in [0, 0.05) is 6.54 Å². The fourth-order valence-corrected chi connectivity index (χ4v) is 4.19. The third-order valence-electron chi connectivity index (χ3n) is 2.56. The predicted octanol–water partition coefficient (Wildman–Crippen LogP) is 0.665. The molecule has 1 fully saturated rings. The quantitative estimate of drug-likeness (QED) is 0.684. The fraction of sp³-hybridized carbons (Fsp3) is 1.00. The highest BCUT2D eigenvalue weighted by molar-refractivity contribution is 7.92. The molecular formula is C9H19NO2S. The third kappa shape index (κ3) is 2.68. The molecule has 4 heteroatoms. The van der Waals surface area contributed by atoms with Crippen LogP contribution in [-0.4, -0.2) is 32.5 Å². The number of nitrogens with one attached hydrogen (secondary N) is 1. The van der Waals surface area contributed by atoms with E-state index in [4.69, 9.17) is 0 Å². The fourth-order valence-electron chi connectivity index (χ4n) is 1.83. The molecule has 0 spiro atoms. The molecule has 0 saturated carbocycles. The first-order valence-electron chi connectivity index (χ1n) is 4.85. The van der Waals surface area contributed by atoms with Crippen LogP contribution < -0.4 is 5.32 Å². The Balaban J connectivity index is 2.84. The summed E-state index contributed by atoms with van der Waals surface area (Å²) in [6, 6.07) is 0. The first kappa shape index (κ1) is 11.0. The van der Waals surface area contributed by atoms with E-state index < -0.39 is 9.84 Å². The summed E-state index contributed by atoms with van der Waals surface area (Å²) >= 11 is 0. The van der Waals surface area contributed by atoms with Gasteiger partial charge in [-0.3, -0.25) is 0 Å². The lowest BCUT2D eigenvalue weighted by Gasteiger charge is -2.18. The lowest BCUT2D eigenvalue weighted by Crippen LogP contribution is -2.35. The normalized spacial score (nSPS) is 34.5. The van der Waals surface area contributed by atoms with Gasteiger partial charge in [0.05, 0.1) is 11.0 Å². The van der Waals surface area contributed by atoms with E-state index in [1.165, 1.54) is 0 Å². The molecule has 1 heterocycles. The highest BCUT2D eigenvalue weighted by Crippen LogP contribution is 2.17. The monoisotopic (exact) mass is 205 g/mol. The molecule has 0 amide bonds. The molecule has 1 rings (SSSR count). The van der Waals surface area contributed by atoms with Crippen LogP contribution in [0.1, 0.15) is 20.8 Å². The van der Waals surface area contributed by atoms with Crippen LogP contribution in [-0.2, 0) is 9.84 Å². The predicted molar refractivity (Wildman–Crippen MR) is 54.4 cm³/mol. The molecule has 0 aromatic rings. The first-order chi connectivity index (χ1) is 5.93. The van der Waals surface area contributed by atoms with E-state index in [1.54, 1.807) is 0 Å². The van der Waals surface area contributed by atoms with Gasteiger partial charge in [0.2, 0.25) is 0 Å². The number of rotatable bonds is 1. The minimum Gasteiger partial charge on any atom is -0.315 e. The molecule has 0 aliphatic carbocycles. The van der Waals surface area contributed by atoms with Crippen LogP contribution in [0.3, 0.4) is 0 Å². The average molecular weight is 205 g/mol. The average Bonchev–Trinajstić information content (AvgIpc) is 2.06. The Kier molecular flexibility index (Phi) is 3.35. The van der Waals surface area contributed by atoms with Crippen molar-refractivity contribution >= 4 is 9.84 Å². The molecule has 0 aromatic carbocycles. The van der Waals surface area contributed by atoms with Crippen LogP contribution in [0.4, 0.5) is 0 Å². The highest BCUT2D eigenvalue weighted by Gasteiger charge is 2.31. The number of hydrogen-bond acceptors (Lipinski definition) is 3. The molecule has 1 saturated heterocycles. The lowest BCUT2D eigenvalue weighted by molar-refractivity contribution is 0.514. The summed E-state index contributed by atoms with van der Waals surface area (Å²) in [5.74, 6) is 0.791. The Morgan fingerprint density at radius 1 is 1.31 bits per heavy atom. The summed E-state index contributed by atoms with van der Waals surface area (Å²) in [6.07, 6.45) is 0. The number of sulfone groups is 1. The maximum atomic E-state index is 11.8. The van der Waals surface area contributed by atoms with Gasteiger partial charge in [-0.2, -0.15) is 0 Å². The molecule has 78 valence electrons. The van der Waals surface area contributed by atoms with Gasteiger partial charge in [-0.1, -0.05) is 20.8 Å². The van der Waals surface area contributed by atoms with Crippen molar-refractivity contribution < 1.29 is 8.42 Å². The van der Waals surface area contributed by atoms with Crippen molar-refractivity contribution in [2.45, 2.75) is 26.0 Å². The van der Waals surface area contributed by atoms with Gasteiger partial charge >= 0.3 is 0 Å². The van der Waals surface area contributed by atoms with Crippen LogP contribution in [0.15, 0.2) is 0 Å². The zero-order chi connectivity index (χ0) is 10.1. The van der Waals surface area contributed by atoms with Gasteiger partial charge in [-0.25, -0.2) is 8.42 Å². The van der Waals surface area contributed by atoms with Gasteiger partial charge in [-0.05, 0) is 18.4 Å². The van der Waals surface area contributed by atoms with Crippen LogP contribution in [0, 0.1) is 11.8 Å². The number of hydrogen-bond donors (Lipinski definition) is 1. The van der Waals surface area contributed by atoms with Crippen molar-refractivity contribution in [3.63, 3.8) is 0 Å². The first-order valence-corrected chi connectivity index (χ1v) is 6.57. The van der Waals surface area contributed by atoms with Crippen molar-refractivity contribution in [3.05, 3.63) is 0 Å². The molecule has 0 bridgehead atoms. The minimum absolute atomic E-state index is 0.197. The molecule has 2 atom stereocenters. The van der Waals surface area contributed by atoms with E-state index in [9.17, 15) is 8.42 Å². The molecule has 3 nitrogen and oxygen atoms in total. The standard InChI is InChI=1S/C9H19NO2S/c1-7(2)9-5-10-4-8(3)6-13(9,11)12/h7-10H,4-6H2,1-3H3. The summed E-state index contributed by atoms with van der Waals surface area (Å²) < 4.78 is 23.6. The van der Waals surface area contributed by atoms with E-state index in [0.29, 0.717) is 12.3 Å². The van der Waals surface area contributed by atoms with Crippen LogP contribution >= 0.6 is 0 Å². The van der Waals surface area contributed by atoms with Gasteiger partial charge in [0.25, 0.3) is 0 Å². The third-order valence-corrected chi connectivity index (χ3v) is 5.23. The zero-order valence-electron chi connectivity index (χ0n) is 8.58. The van der Waals surface area contributed by atoms with Gasteiger partial charge in [0.1, 0.15) is 0 Å². The second-order valence-corrected chi connectivity index (χ2v) is 6.64. The molecule has 13 heavy (non-hydrogen) atoms. The van der Waals surface area contributed by atoms with Gasteiger partial charge < -0.3 is 5.32 Å². The second-order valence-electron chi connectivity index (χ2n) is 4.38. The van der Waals surface area contributed by atoms with Crippen molar-refractivity contribution in [1.29, 1.82) is 0 Å². The van der Waals surface area contributed by atoms with Crippen molar-refractivity contribution in [3.8, 4) is 0 Å². The van der Waals surface area contributed by atoms with E-state index in [0.717, 1.165) is 6.54 Å². The van der Waals surface area contributed by atoms with Crippen LogP contribution in [0.5, 0.6) is 0 Å². The Morgan fingerprint density at radius 2 is 1.92 bits per heavy atom. The summed E-state index contributed by atoms with van der Waals surface area (Å²) in [5, 5.41) is 3.01.